The first-order valence-corrected chi connectivity index (χ1v) is 9.05. The van der Waals surface area contributed by atoms with Crippen LogP contribution in [0.15, 0.2) is 21.4 Å². The van der Waals surface area contributed by atoms with Gasteiger partial charge in [-0.3, -0.25) is 19.2 Å². The highest BCUT2D eigenvalue weighted by molar-refractivity contribution is 5.94. The van der Waals surface area contributed by atoms with Gasteiger partial charge in [0.2, 0.25) is 23.6 Å². The van der Waals surface area contributed by atoms with Crippen LogP contribution in [0.2, 0.25) is 0 Å². The Labute approximate surface area is 171 Å². The number of aromatic nitrogens is 2. The van der Waals surface area contributed by atoms with Gasteiger partial charge in [0.25, 0.3) is 11.8 Å². The zero-order chi connectivity index (χ0) is 21.9. The van der Waals surface area contributed by atoms with E-state index >= 15 is 0 Å². The lowest BCUT2D eigenvalue weighted by atomic mass is 10.4. The first kappa shape index (κ1) is 22.5. The Bertz CT molecular complexity index is 891. The largest absolute Gasteiger partial charge is 0.446 e. The molecule has 0 saturated carbocycles. The Morgan fingerprint density at radius 3 is 2.03 bits per heavy atom. The number of hydrogen-bond donors (Lipinski definition) is 5. The van der Waals surface area contributed by atoms with E-state index in [0.717, 1.165) is 6.26 Å². The minimum Gasteiger partial charge on any atom is -0.446 e. The minimum atomic E-state index is -0.615. The van der Waals surface area contributed by atoms with Gasteiger partial charge in [-0.2, -0.15) is 0 Å². The number of nitrogens with two attached hydrogens (primary N) is 1. The molecule has 0 spiro atoms. The summed E-state index contributed by atoms with van der Waals surface area (Å²) in [5, 5.41) is 9.99. The summed E-state index contributed by atoms with van der Waals surface area (Å²) in [7, 11) is 0. The second kappa shape index (κ2) is 11.3. The van der Waals surface area contributed by atoms with Crippen LogP contribution < -0.4 is 27.0 Å². The monoisotopic (exact) mass is 421 g/mol. The van der Waals surface area contributed by atoms with E-state index in [1.807, 2.05) is 0 Å². The van der Waals surface area contributed by atoms with Crippen molar-refractivity contribution in [2.24, 2.45) is 5.73 Å². The van der Waals surface area contributed by atoms with Crippen LogP contribution in [0.1, 0.15) is 46.1 Å². The third-order valence-corrected chi connectivity index (χ3v) is 3.57. The van der Waals surface area contributed by atoms with Gasteiger partial charge in [0.1, 0.15) is 12.5 Å². The fraction of sp³-hybridized carbons (Fsp3) is 0.412. The molecule has 162 valence electrons. The van der Waals surface area contributed by atoms with E-state index in [9.17, 15) is 19.2 Å². The molecule has 13 heteroatoms. The maximum atomic E-state index is 12.0. The third kappa shape index (κ3) is 7.35. The van der Waals surface area contributed by atoms with Crippen molar-refractivity contribution < 1.29 is 28.0 Å². The molecule has 2 aromatic heterocycles. The number of hydrogen-bond acceptors (Lipinski definition) is 9. The highest BCUT2D eigenvalue weighted by Gasteiger charge is 2.15. The summed E-state index contributed by atoms with van der Waals surface area (Å²) in [6.07, 6.45) is 2.95. The number of nitrogens with one attached hydrogen (secondary N) is 4. The van der Waals surface area contributed by atoms with Crippen molar-refractivity contribution in [2.75, 3.05) is 19.6 Å². The highest BCUT2D eigenvalue weighted by atomic mass is 16.3. The van der Waals surface area contributed by atoms with Gasteiger partial charge in [0.05, 0.1) is 19.6 Å². The van der Waals surface area contributed by atoms with E-state index in [4.69, 9.17) is 14.6 Å². The van der Waals surface area contributed by atoms with Crippen molar-refractivity contribution >= 4 is 23.6 Å². The van der Waals surface area contributed by atoms with Gasteiger partial charge < -0.3 is 35.8 Å². The summed E-state index contributed by atoms with van der Waals surface area (Å²) in [5.41, 5.74) is 5.41. The zero-order valence-corrected chi connectivity index (χ0v) is 16.3. The van der Waals surface area contributed by atoms with Gasteiger partial charge in [-0.1, -0.05) is 0 Å². The van der Waals surface area contributed by atoms with Crippen molar-refractivity contribution in [2.45, 2.75) is 26.4 Å². The summed E-state index contributed by atoms with van der Waals surface area (Å²) < 4.78 is 10.2. The Kier molecular flexibility index (Phi) is 8.50. The summed E-state index contributed by atoms with van der Waals surface area (Å²) in [6.45, 7) is 1.89. The van der Waals surface area contributed by atoms with E-state index in [2.05, 4.69) is 31.2 Å². The summed E-state index contributed by atoms with van der Waals surface area (Å²) in [5.74, 6) is -1.49. The molecular weight excluding hydrogens is 398 g/mol. The van der Waals surface area contributed by atoms with Crippen LogP contribution in [-0.2, 0) is 22.7 Å². The van der Waals surface area contributed by atoms with Crippen LogP contribution in [0, 0.1) is 0 Å². The Morgan fingerprint density at radius 1 is 0.900 bits per heavy atom. The Hall–Kier alpha value is -3.74. The van der Waals surface area contributed by atoms with E-state index in [0.29, 0.717) is 19.5 Å². The quantitative estimate of drug-likeness (QED) is 0.266. The normalized spacial score (nSPS) is 10.3. The molecule has 6 N–H and O–H groups in total. The molecule has 0 aliphatic heterocycles. The fourth-order valence-corrected chi connectivity index (χ4v) is 2.08. The summed E-state index contributed by atoms with van der Waals surface area (Å²) in [6, 6.07) is 0. The van der Waals surface area contributed by atoms with Gasteiger partial charge in [-0.15, -0.1) is 0 Å². The lowest BCUT2D eigenvalue weighted by Gasteiger charge is -2.04. The number of carbonyl (C=O) groups is 4. The molecule has 0 unspecified atom stereocenters. The molecule has 0 aromatic carbocycles. The van der Waals surface area contributed by atoms with Crippen molar-refractivity contribution in [3.63, 3.8) is 0 Å². The average Bonchev–Trinajstić information content (AvgIpc) is 3.38. The lowest BCUT2D eigenvalue weighted by Crippen LogP contribution is -2.36. The molecule has 30 heavy (non-hydrogen) atoms. The highest BCUT2D eigenvalue weighted by Crippen LogP contribution is 2.03. The van der Waals surface area contributed by atoms with Crippen LogP contribution in [0.4, 0.5) is 0 Å². The first-order valence-electron chi connectivity index (χ1n) is 9.05. The molecular formula is C17H23N7O6. The second-order valence-electron chi connectivity index (χ2n) is 6.02. The number of carbonyl (C=O) groups excluding carboxylic acids is 4. The molecule has 0 atom stereocenters. The average molecular weight is 421 g/mol. The van der Waals surface area contributed by atoms with Crippen LogP contribution in [0.5, 0.6) is 0 Å². The van der Waals surface area contributed by atoms with Crippen LogP contribution in [0.3, 0.4) is 0 Å². The van der Waals surface area contributed by atoms with E-state index in [1.54, 1.807) is 0 Å². The number of nitrogens with zero attached hydrogens (tertiary/aromatic N) is 2. The number of oxazole rings is 2. The molecule has 0 bridgehead atoms. The van der Waals surface area contributed by atoms with Gasteiger partial charge in [0, 0.05) is 13.5 Å². The first-order chi connectivity index (χ1) is 14.4. The Morgan fingerprint density at radius 2 is 1.47 bits per heavy atom. The molecule has 2 heterocycles. The third-order valence-electron chi connectivity index (χ3n) is 3.57. The van der Waals surface area contributed by atoms with Gasteiger partial charge in [0.15, 0.2) is 11.4 Å². The van der Waals surface area contributed by atoms with Gasteiger partial charge >= 0.3 is 0 Å². The molecule has 4 amide bonds. The van der Waals surface area contributed by atoms with Crippen LogP contribution in [-0.4, -0.2) is 53.2 Å². The molecule has 2 aromatic rings. The molecule has 0 aliphatic rings. The smallest absolute Gasteiger partial charge is 0.273 e. The van der Waals surface area contributed by atoms with Crippen LogP contribution in [0.25, 0.3) is 0 Å². The van der Waals surface area contributed by atoms with Crippen molar-refractivity contribution in [1.82, 2.24) is 31.2 Å². The molecule has 0 saturated heterocycles. The van der Waals surface area contributed by atoms with E-state index < -0.39 is 17.7 Å². The standard InChI is InChI=1S/C17H23N7O6/c1-10(25)20-6-14-24-12(9-29-14)17(28)22-5-13(26)21-7-15-23-11(8-30-15)16(27)19-4-2-3-18/h8-9H,2-7,18H2,1H3,(H,19,27)(H,20,25)(H,21,26)(H,22,28). The molecule has 0 fully saturated rings. The van der Waals surface area contributed by atoms with Gasteiger partial charge in [-0.05, 0) is 13.0 Å². The maximum Gasteiger partial charge on any atom is 0.273 e. The lowest BCUT2D eigenvalue weighted by molar-refractivity contribution is -0.120. The minimum absolute atomic E-state index is 0.0267. The SMILES string of the molecule is CC(=O)NCc1nc(C(=O)NCC(=O)NCc2nc(C(=O)NCCCN)co2)co1. The maximum absolute atomic E-state index is 12.0. The summed E-state index contributed by atoms with van der Waals surface area (Å²) in [4.78, 5) is 54.4. The van der Waals surface area contributed by atoms with E-state index in [-0.39, 0.29) is 48.7 Å². The fourth-order valence-electron chi connectivity index (χ4n) is 2.08. The number of amides is 4. The topological polar surface area (TPSA) is 194 Å². The predicted molar refractivity (Wildman–Crippen MR) is 101 cm³/mol. The van der Waals surface area contributed by atoms with Crippen molar-refractivity contribution in [3.05, 3.63) is 35.7 Å². The molecule has 0 radical (unpaired) electrons. The zero-order valence-electron chi connectivity index (χ0n) is 16.3. The molecule has 0 aliphatic carbocycles. The number of rotatable bonds is 11. The second-order valence-corrected chi connectivity index (χ2v) is 6.02. The van der Waals surface area contributed by atoms with E-state index in [1.165, 1.54) is 13.2 Å². The Balaban J connectivity index is 1.71. The van der Waals surface area contributed by atoms with Crippen LogP contribution >= 0.6 is 0 Å². The molecule has 13 nitrogen and oxygen atoms in total. The summed E-state index contributed by atoms with van der Waals surface area (Å²) >= 11 is 0. The van der Waals surface area contributed by atoms with Crippen molar-refractivity contribution in [1.29, 1.82) is 0 Å². The van der Waals surface area contributed by atoms with Gasteiger partial charge in [-0.25, -0.2) is 9.97 Å². The van der Waals surface area contributed by atoms with Crippen molar-refractivity contribution in [3.8, 4) is 0 Å². The molecule has 2 rings (SSSR count). The predicted octanol–water partition coefficient (Wildman–Crippen LogP) is -1.58.